The zero-order valence-electron chi connectivity index (χ0n) is 9.79. The molecule has 5 nitrogen and oxygen atoms in total. The molecule has 0 saturated heterocycles. The van der Waals surface area contributed by atoms with E-state index in [1.54, 1.807) is 0 Å². The van der Waals surface area contributed by atoms with Gasteiger partial charge in [0.05, 0.1) is 22.4 Å². The van der Waals surface area contributed by atoms with Gasteiger partial charge in [0.2, 0.25) is 0 Å². The zero-order chi connectivity index (χ0) is 13.7. The predicted molar refractivity (Wildman–Crippen MR) is 75.8 cm³/mol. The highest BCUT2D eigenvalue weighted by Crippen LogP contribution is 2.21. The van der Waals surface area contributed by atoms with E-state index in [0.29, 0.717) is 10.6 Å². The molecule has 96 valence electrons. The number of nitro benzene ring substituents is 1. The molecule has 0 heterocycles. The summed E-state index contributed by atoms with van der Waals surface area (Å²) in [5, 5.41) is 15.2. The molecule has 0 atom stereocenters. The minimum Gasteiger partial charge on any atom is -0.279 e. The second kappa shape index (κ2) is 5.97. The fourth-order valence-corrected chi connectivity index (χ4v) is 1.66. The van der Waals surface area contributed by atoms with Crippen LogP contribution in [-0.2, 0) is 0 Å². The van der Waals surface area contributed by atoms with Crippen molar-refractivity contribution in [3.05, 3.63) is 69.2 Å². The van der Waals surface area contributed by atoms with Crippen molar-refractivity contribution in [2.75, 3.05) is 5.43 Å². The van der Waals surface area contributed by atoms with Crippen LogP contribution in [0.5, 0.6) is 0 Å². The molecule has 2 rings (SSSR count). The lowest BCUT2D eigenvalue weighted by molar-refractivity contribution is -0.385. The molecule has 6 heteroatoms. The summed E-state index contributed by atoms with van der Waals surface area (Å²) in [6.07, 6.45) is 1.37. The van der Waals surface area contributed by atoms with E-state index in [2.05, 4.69) is 10.5 Å². The number of benzene rings is 2. The Morgan fingerprint density at radius 3 is 2.63 bits per heavy atom. The third-order valence-electron chi connectivity index (χ3n) is 2.36. The van der Waals surface area contributed by atoms with Gasteiger partial charge in [-0.25, -0.2) is 0 Å². The van der Waals surface area contributed by atoms with Crippen LogP contribution < -0.4 is 5.43 Å². The maximum atomic E-state index is 10.8. The number of nitrogens with one attached hydrogen (secondary N) is 1. The number of hydrazone groups is 1. The topological polar surface area (TPSA) is 67.5 Å². The quantitative estimate of drug-likeness (QED) is 0.525. The second-order valence-corrected chi connectivity index (χ2v) is 4.13. The predicted octanol–water partition coefficient (Wildman–Crippen LogP) is 3.69. The highest BCUT2D eigenvalue weighted by Gasteiger charge is 2.11. The number of hydrogen-bond acceptors (Lipinski definition) is 4. The van der Waals surface area contributed by atoms with Crippen LogP contribution in [0.15, 0.2) is 53.6 Å². The molecule has 0 radical (unpaired) electrons. The molecule has 0 aliphatic rings. The molecular weight excluding hydrogens is 266 g/mol. The molecule has 0 fully saturated rings. The standard InChI is InChI=1S/C13H10ClN3O2/c14-11-6-7-13(17(18)19)10(8-11)9-15-16-12-4-2-1-3-5-12/h1-9,16H. The normalized spacial score (nSPS) is 10.6. The summed E-state index contributed by atoms with van der Waals surface area (Å²) >= 11 is 5.81. The zero-order valence-corrected chi connectivity index (χ0v) is 10.5. The van der Waals surface area contributed by atoms with E-state index in [1.807, 2.05) is 30.3 Å². The number of halogens is 1. The van der Waals surface area contributed by atoms with Crippen LogP contribution in [0.4, 0.5) is 11.4 Å². The third-order valence-corrected chi connectivity index (χ3v) is 2.59. The molecule has 0 unspecified atom stereocenters. The Labute approximate surface area is 114 Å². The molecule has 2 aromatic carbocycles. The highest BCUT2D eigenvalue weighted by molar-refractivity contribution is 6.31. The highest BCUT2D eigenvalue weighted by atomic mass is 35.5. The van der Waals surface area contributed by atoms with Gasteiger partial charge >= 0.3 is 0 Å². The minimum atomic E-state index is -0.472. The first-order valence-electron chi connectivity index (χ1n) is 5.45. The van der Waals surface area contributed by atoms with Crippen LogP contribution >= 0.6 is 11.6 Å². The van der Waals surface area contributed by atoms with Crippen LogP contribution in [0.25, 0.3) is 0 Å². The molecule has 19 heavy (non-hydrogen) atoms. The monoisotopic (exact) mass is 275 g/mol. The molecule has 2 aromatic rings. The first kappa shape index (κ1) is 13.0. The molecule has 0 aromatic heterocycles. The smallest absolute Gasteiger partial charge is 0.278 e. The van der Waals surface area contributed by atoms with Gasteiger partial charge in [0.15, 0.2) is 0 Å². The van der Waals surface area contributed by atoms with Crippen LogP contribution in [0.3, 0.4) is 0 Å². The lowest BCUT2D eigenvalue weighted by Gasteiger charge is -2.00. The summed E-state index contributed by atoms with van der Waals surface area (Å²) < 4.78 is 0. The Morgan fingerprint density at radius 2 is 1.95 bits per heavy atom. The van der Waals surface area contributed by atoms with E-state index in [4.69, 9.17) is 11.6 Å². The molecule has 0 bridgehead atoms. The number of para-hydroxylation sites is 1. The Morgan fingerprint density at radius 1 is 1.21 bits per heavy atom. The maximum absolute atomic E-state index is 10.8. The van der Waals surface area contributed by atoms with Crippen molar-refractivity contribution in [2.45, 2.75) is 0 Å². The summed E-state index contributed by atoms with van der Waals surface area (Å²) in [5.74, 6) is 0. The van der Waals surface area contributed by atoms with Gasteiger partial charge in [-0.05, 0) is 24.3 Å². The Kier molecular flexibility index (Phi) is 4.10. The summed E-state index contributed by atoms with van der Waals surface area (Å²) in [6, 6.07) is 13.6. The van der Waals surface area contributed by atoms with E-state index < -0.39 is 4.92 Å². The van der Waals surface area contributed by atoms with Gasteiger partial charge < -0.3 is 0 Å². The van der Waals surface area contributed by atoms with E-state index in [9.17, 15) is 10.1 Å². The lowest BCUT2D eigenvalue weighted by atomic mass is 10.2. The van der Waals surface area contributed by atoms with E-state index >= 15 is 0 Å². The van der Waals surface area contributed by atoms with Gasteiger partial charge in [0, 0.05) is 11.1 Å². The average molecular weight is 276 g/mol. The fourth-order valence-electron chi connectivity index (χ4n) is 1.48. The van der Waals surface area contributed by atoms with Crippen LogP contribution in [-0.4, -0.2) is 11.1 Å². The van der Waals surface area contributed by atoms with Crippen molar-refractivity contribution in [3.63, 3.8) is 0 Å². The summed E-state index contributed by atoms with van der Waals surface area (Å²) in [7, 11) is 0. The first-order chi connectivity index (χ1) is 9.16. The van der Waals surface area contributed by atoms with E-state index in [1.165, 1.54) is 24.4 Å². The van der Waals surface area contributed by atoms with Gasteiger partial charge in [-0.3, -0.25) is 15.5 Å². The molecule has 0 aliphatic carbocycles. The van der Waals surface area contributed by atoms with Crippen molar-refractivity contribution >= 4 is 29.2 Å². The second-order valence-electron chi connectivity index (χ2n) is 3.70. The largest absolute Gasteiger partial charge is 0.279 e. The van der Waals surface area contributed by atoms with Gasteiger partial charge in [-0.1, -0.05) is 29.8 Å². The number of hydrogen-bond donors (Lipinski definition) is 1. The third kappa shape index (κ3) is 3.53. The summed E-state index contributed by atoms with van der Waals surface area (Å²) in [6.45, 7) is 0. The SMILES string of the molecule is O=[N+]([O-])c1ccc(Cl)cc1C=NNc1ccccc1. The average Bonchev–Trinajstić information content (AvgIpc) is 2.39. The lowest BCUT2D eigenvalue weighted by Crippen LogP contribution is -1.96. The molecule has 0 amide bonds. The van der Waals surface area contributed by atoms with Crippen molar-refractivity contribution in [3.8, 4) is 0 Å². The molecular formula is C13H10ClN3O2. The van der Waals surface area contributed by atoms with Crippen LogP contribution in [0, 0.1) is 10.1 Å². The maximum Gasteiger partial charge on any atom is 0.278 e. The summed E-state index contributed by atoms with van der Waals surface area (Å²) in [5.41, 5.74) is 3.89. The Balaban J connectivity index is 2.18. The number of nitrogens with zero attached hydrogens (tertiary/aromatic N) is 2. The Hall–Kier alpha value is -2.40. The number of rotatable bonds is 4. The number of anilines is 1. The van der Waals surface area contributed by atoms with E-state index in [0.717, 1.165) is 5.69 Å². The first-order valence-corrected chi connectivity index (χ1v) is 5.82. The molecule has 0 spiro atoms. The minimum absolute atomic E-state index is 0.0389. The Bertz CT molecular complexity index is 615. The molecule has 0 saturated carbocycles. The fraction of sp³-hybridized carbons (Fsp3) is 0. The molecule has 1 N–H and O–H groups in total. The van der Waals surface area contributed by atoms with Crippen molar-refractivity contribution < 1.29 is 4.92 Å². The van der Waals surface area contributed by atoms with Crippen molar-refractivity contribution in [1.82, 2.24) is 0 Å². The van der Waals surface area contributed by atoms with Crippen molar-refractivity contribution in [2.24, 2.45) is 5.10 Å². The van der Waals surface area contributed by atoms with Gasteiger partial charge in [0.25, 0.3) is 5.69 Å². The van der Waals surface area contributed by atoms with Gasteiger partial charge in [0.1, 0.15) is 0 Å². The summed E-state index contributed by atoms with van der Waals surface area (Å²) in [4.78, 5) is 10.4. The van der Waals surface area contributed by atoms with Crippen LogP contribution in [0.1, 0.15) is 5.56 Å². The van der Waals surface area contributed by atoms with Crippen LogP contribution in [0.2, 0.25) is 5.02 Å². The van der Waals surface area contributed by atoms with Gasteiger partial charge in [-0.2, -0.15) is 5.10 Å². The van der Waals surface area contributed by atoms with E-state index in [-0.39, 0.29) is 5.69 Å². The molecule has 0 aliphatic heterocycles. The van der Waals surface area contributed by atoms with Crippen molar-refractivity contribution in [1.29, 1.82) is 0 Å². The van der Waals surface area contributed by atoms with Gasteiger partial charge in [-0.15, -0.1) is 0 Å². The number of nitro groups is 1.